The summed E-state index contributed by atoms with van der Waals surface area (Å²) in [6.07, 6.45) is 2.34. The lowest BCUT2D eigenvalue weighted by Gasteiger charge is -2.30. The molecule has 0 amide bonds. The number of fused-ring (bicyclic) bond motifs is 1. The Balaban J connectivity index is 1.98. The number of ether oxygens (including phenoxy) is 1. The van der Waals surface area contributed by atoms with E-state index in [4.69, 9.17) is 10.5 Å². The van der Waals surface area contributed by atoms with Crippen molar-refractivity contribution in [3.63, 3.8) is 0 Å². The molecule has 2 N–H and O–H groups in total. The average Bonchev–Trinajstić information content (AvgIpc) is 2.37. The molecular weight excluding hydrogens is 452 g/mol. The number of halogens is 3. The summed E-state index contributed by atoms with van der Waals surface area (Å²) in [5, 5.41) is 0. The Morgan fingerprint density at radius 1 is 1.15 bits per heavy atom. The van der Waals surface area contributed by atoms with Crippen LogP contribution in [0.3, 0.4) is 0 Å². The lowest BCUT2D eigenvalue weighted by molar-refractivity contribution is 0.156. The lowest BCUT2D eigenvalue weighted by Crippen LogP contribution is -2.25. The second kappa shape index (κ2) is 5.75. The Morgan fingerprint density at radius 2 is 1.95 bits per heavy atom. The number of hydrogen-bond acceptors (Lipinski definition) is 3. The van der Waals surface area contributed by atoms with Crippen molar-refractivity contribution in [3.05, 3.63) is 55.1 Å². The van der Waals surface area contributed by atoms with Crippen molar-refractivity contribution in [3.8, 4) is 5.75 Å². The normalized spacial score (nSPS) is 21.2. The van der Waals surface area contributed by atoms with E-state index in [-0.39, 0.29) is 12.1 Å². The summed E-state index contributed by atoms with van der Waals surface area (Å²) in [5.74, 6) is 0.819. The summed E-state index contributed by atoms with van der Waals surface area (Å²) in [6.45, 7) is 0. The highest BCUT2D eigenvalue weighted by molar-refractivity contribution is 9.11. The third kappa shape index (κ3) is 2.79. The number of nitrogens with zero attached hydrogens (tertiary/aromatic N) is 1. The largest absolute Gasteiger partial charge is 0.484 e. The summed E-state index contributed by atoms with van der Waals surface area (Å²) in [7, 11) is 0. The van der Waals surface area contributed by atoms with Crippen LogP contribution in [0.5, 0.6) is 5.75 Å². The summed E-state index contributed by atoms with van der Waals surface area (Å²) in [6, 6.07) is 7.86. The predicted octanol–water partition coefficient (Wildman–Crippen LogP) is 4.89. The van der Waals surface area contributed by atoms with E-state index in [0.717, 1.165) is 30.4 Å². The number of hydrogen-bond donors (Lipinski definition) is 1. The highest BCUT2D eigenvalue weighted by Crippen LogP contribution is 2.42. The van der Waals surface area contributed by atoms with Crippen molar-refractivity contribution in [2.75, 3.05) is 0 Å². The van der Waals surface area contributed by atoms with Gasteiger partial charge in [-0.25, -0.2) is 0 Å². The molecule has 0 bridgehead atoms. The molecule has 0 fully saturated rings. The number of aromatic nitrogens is 1. The fourth-order valence-corrected chi connectivity index (χ4v) is 3.89. The SMILES string of the molecule is N[C@H]1CC(c2ncc(Br)cc2Br)Oc2cc(Br)ccc21. The minimum absolute atomic E-state index is 0.0470. The molecule has 1 aromatic carbocycles. The van der Waals surface area contributed by atoms with E-state index in [1.165, 1.54) is 0 Å². The molecule has 3 nitrogen and oxygen atoms in total. The molecule has 1 unspecified atom stereocenters. The van der Waals surface area contributed by atoms with Gasteiger partial charge in [-0.05, 0) is 50.1 Å². The molecule has 104 valence electrons. The first-order valence-corrected chi connectivity index (χ1v) is 8.45. The van der Waals surface area contributed by atoms with Gasteiger partial charge in [0.2, 0.25) is 0 Å². The highest BCUT2D eigenvalue weighted by Gasteiger charge is 2.29. The molecule has 2 heterocycles. The molecule has 0 spiro atoms. The van der Waals surface area contributed by atoms with Crippen LogP contribution in [0.25, 0.3) is 0 Å². The number of rotatable bonds is 1. The molecule has 1 aliphatic heterocycles. The van der Waals surface area contributed by atoms with Crippen LogP contribution >= 0.6 is 47.8 Å². The molecule has 6 heteroatoms. The number of benzene rings is 1. The van der Waals surface area contributed by atoms with E-state index in [1.807, 2.05) is 24.3 Å². The van der Waals surface area contributed by atoms with Crippen molar-refractivity contribution in [1.29, 1.82) is 0 Å². The van der Waals surface area contributed by atoms with Gasteiger partial charge in [0.1, 0.15) is 11.9 Å². The Hall–Kier alpha value is -0.430. The highest BCUT2D eigenvalue weighted by atomic mass is 79.9. The number of nitrogens with two attached hydrogens (primary N) is 1. The summed E-state index contributed by atoms with van der Waals surface area (Å²) < 4.78 is 8.90. The van der Waals surface area contributed by atoms with Gasteiger partial charge in [0.05, 0.1) is 5.69 Å². The van der Waals surface area contributed by atoms with Gasteiger partial charge in [-0.15, -0.1) is 0 Å². The first-order valence-electron chi connectivity index (χ1n) is 6.07. The molecule has 0 saturated heterocycles. The zero-order valence-electron chi connectivity index (χ0n) is 10.3. The van der Waals surface area contributed by atoms with Crippen LogP contribution in [0.4, 0.5) is 0 Å². The fourth-order valence-electron chi connectivity index (χ4n) is 2.31. The maximum Gasteiger partial charge on any atom is 0.143 e. The van der Waals surface area contributed by atoms with Crippen LogP contribution in [0, 0.1) is 0 Å². The van der Waals surface area contributed by atoms with Gasteiger partial charge in [0, 0.05) is 37.6 Å². The lowest BCUT2D eigenvalue weighted by atomic mass is 9.96. The Bertz CT molecular complexity index is 663. The zero-order valence-corrected chi connectivity index (χ0v) is 15.1. The monoisotopic (exact) mass is 460 g/mol. The second-order valence-electron chi connectivity index (χ2n) is 4.65. The first-order chi connectivity index (χ1) is 9.54. The summed E-state index contributed by atoms with van der Waals surface area (Å²) in [5.41, 5.74) is 8.17. The van der Waals surface area contributed by atoms with Crippen LogP contribution < -0.4 is 10.5 Å². The van der Waals surface area contributed by atoms with E-state index >= 15 is 0 Å². The molecule has 0 aliphatic carbocycles. The van der Waals surface area contributed by atoms with Gasteiger partial charge in [-0.3, -0.25) is 4.98 Å². The quantitative estimate of drug-likeness (QED) is 0.656. The Morgan fingerprint density at radius 3 is 2.70 bits per heavy atom. The van der Waals surface area contributed by atoms with E-state index in [0.29, 0.717) is 6.42 Å². The van der Waals surface area contributed by atoms with E-state index in [2.05, 4.69) is 52.8 Å². The molecule has 0 radical (unpaired) electrons. The summed E-state index contributed by atoms with van der Waals surface area (Å²) >= 11 is 10.4. The standard InChI is InChI=1S/C14H11Br3N2O/c15-7-1-2-9-11(18)5-13(20-12(9)4-7)14-10(17)3-8(16)6-19-14/h1-4,6,11,13H,5,18H2/t11-,13?/m0/s1. The smallest absolute Gasteiger partial charge is 0.143 e. The first kappa shape index (κ1) is 14.5. The number of pyridine rings is 1. The predicted molar refractivity (Wildman–Crippen MR) is 88.7 cm³/mol. The minimum atomic E-state index is -0.144. The van der Waals surface area contributed by atoms with Gasteiger partial charge in [0.25, 0.3) is 0 Å². The molecule has 1 aromatic heterocycles. The topological polar surface area (TPSA) is 48.1 Å². The third-order valence-corrected chi connectivity index (χ3v) is 4.82. The molecule has 20 heavy (non-hydrogen) atoms. The molecule has 2 atom stereocenters. The fraction of sp³-hybridized carbons (Fsp3) is 0.214. The van der Waals surface area contributed by atoms with E-state index in [9.17, 15) is 0 Å². The van der Waals surface area contributed by atoms with Crippen LogP contribution in [0.2, 0.25) is 0 Å². The van der Waals surface area contributed by atoms with Crippen LogP contribution in [0.1, 0.15) is 29.8 Å². The van der Waals surface area contributed by atoms with E-state index in [1.54, 1.807) is 6.20 Å². The van der Waals surface area contributed by atoms with Crippen molar-refractivity contribution in [2.24, 2.45) is 5.73 Å². The van der Waals surface area contributed by atoms with Crippen molar-refractivity contribution < 1.29 is 4.74 Å². The van der Waals surface area contributed by atoms with E-state index < -0.39 is 0 Å². The van der Waals surface area contributed by atoms with Crippen LogP contribution in [0.15, 0.2) is 43.9 Å². The average molecular weight is 463 g/mol. The molecule has 1 aliphatic rings. The third-order valence-electron chi connectivity index (χ3n) is 3.25. The molecule has 2 aromatic rings. The van der Waals surface area contributed by atoms with Gasteiger partial charge < -0.3 is 10.5 Å². The molecule has 3 rings (SSSR count). The Labute approximate surface area is 142 Å². The molecule has 0 saturated carbocycles. The zero-order chi connectivity index (χ0) is 14.3. The van der Waals surface area contributed by atoms with Gasteiger partial charge in [0.15, 0.2) is 0 Å². The van der Waals surface area contributed by atoms with Crippen LogP contribution in [-0.4, -0.2) is 4.98 Å². The minimum Gasteiger partial charge on any atom is -0.484 e. The molecular formula is C14H11Br3N2O. The van der Waals surface area contributed by atoms with Gasteiger partial charge >= 0.3 is 0 Å². The van der Waals surface area contributed by atoms with Crippen LogP contribution in [-0.2, 0) is 0 Å². The maximum atomic E-state index is 6.26. The van der Waals surface area contributed by atoms with Crippen molar-refractivity contribution in [1.82, 2.24) is 4.98 Å². The summed E-state index contributed by atoms with van der Waals surface area (Å²) in [4.78, 5) is 4.45. The second-order valence-corrected chi connectivity index (χ2v) is 7.34. The van der Waals surface area contributed by atoms with Crippen molar-refractivity contribution in [2.45, 2.75) is 18.6 Å². The van der Waals surface area contributed by atoms with Gasteiger partial charge in [-0.2, -0.15) is 0 Å². The Kier molecular flexibility index (Phi) is 4.17. The van der Waals surface area contributed by atoms with Crippen molar-refractivity contribution >= 4 is 47.8 Å². The van der Waals surface area contributed by atoms with Gasteiger partial charge in [-0.1, -0.05) is 22.0 Å². The maximum absolute atomic E-state index is 6.26.